The monoisotopic (exact) mass is 477 g/mol. The molecule has 1 N–H and O–H groups in total. The summed E-state index contributed by atoms with van der Waals surface area (Å²) in [6.45, 7) is 13.4. The average Bonchev–Trinajstić information content (AvgIpc) is 2.90. The highest BCUT2D eigenvalue weighted by Crippen LogP contribution is 2.61. The van der Waals surface area contributed by atoms with Crippen LogP contribution < -0.4 is 21.2 Å². The van der Waals surface area contributed by atoms with Crippen LogP contribution in [0.4, 0.5) is 11.4 Å². The number of carbonyl (C=O) groups excluding carboxylic acids is 1. The second kappa shape index (κ2) is 10.7. The highest BCUT2D eigenvalue weighted by atomic mass is 31.2. The third kappa shape index (κ3) is 4.63. The van der Waals surface area contributed by atoms with Crippen molar-refractivity contribution in [2.24, 2.45) is 0 Å². The van der Waals surface area contributed by atoms with Crippen molar-refractivity contribution >= 4 is 40.5 Å². The lowest BCUT2D eigenvalue weighted by atomic mass is 10.1. The maximum atomic E-state index is 14.2. The van der Waals surface area contributed by atoms with Crippen LogP contribution in [0.1, 0.15) is 24.5 Å². The Balaban J connectivity index is 1.93. The summed E-state index contributed by atoms with van der Waals surface area (Å²) >= 11 is 0. The van der Waals surface area contributed by atoms with E-state index in [4.69, 9.17) is 6.57 Å². The molecule has 3 nitrogen and oxygen atoms in total. The number of rotatable bonds is 7. The van der Waals surface area contributed by atoms with Gasteiger partial charge in [0.25, 0.3) is 5.91 Å². The first-order valence-corrected chi connectivity index (χ1v) is 13.7. The summed E-state index contributed by atoms with van der Waals surface area (Å²) in [5.74, 6) is 0.0131. The molecule has 0 radical (unpaired) electrons. The smallest absolute Gasteiger partial charge is 0.266 e. The average molecular weight is 478 g/mol. The molecule has 35 heavy (non-hydrogen) atoms. The molecule has 4 aromatic carbocycles. The maximum Gasteiger partial charge on any atom is 0.266 e. The SMILES string of the molecule is [C-]#[N+]c1cc(C)c(NC(=O)C(CC)[P+](c2ccccc2)(c2ccccc2)c2ccccc2)c(C)c1. The van der Waals surface area contributed by atoms with Crippen LogP contribution >= 0.6 is 7.26 Å². The Bertz CT molecular complexity index is 1230. The van der Waals surface area contributed by atoms with Gasteiger partial charge < -0.3 is 5.32 Å². The highest BCUT2D eigenvalue weighted by Gasteiger charge is 2.54. The molecule has 0 heterocycles. The molecular weight excluding hydrogens is 447 g/mol. The van der Waals surface area contributed by atoms with Gasteiger partial charge in [0, 0.05) is 5.69 Å². The fourth-order valence-corrected chi connectivity index (χ4v) is 9.89. The van der Waals surface area contributed by atoms with Crippen LogP contribution in [0.15, 0.2) is 103 Å². The van der Waals surface area contributed by atoms with Gasteiger partial charge in [0.2, 0.25) is 0 Å². The second-order valence-corrected chi connectivity index (χ2v) is 12.3. The maximum absolute atomic E-state index is 14.2. The number of nitrogens with zero attached hydrogens (tertiary/aromatic N) is 1. The van der Waals surface area contributed by atoms with E-state index in [1.807, 2.05) is 44.2 Å². The lowest BCUT2D eigenvalue weighted by molar-refractivity contribution is -0.115. The molecule has 0 fully saturated rings. The van der Waals surface area contributed by atoms with Crippen molar-refractivity contribution in [3.05, 3.63) is 126 Å². The van der Waals surface area contributed by atoms with Gasteiger partial charge >= 0.3 is 0 Å². The first-order valence-electron chi connectivity index (χ1n) is 11.9. The number of hydrogen-bond donors (Lipinski definition) is 1. The first-order chi connectivity index (χ1) is 17.0. The second-order valence-electron chi connectivity index (χ2n) is 8.71. The number of carbonyl (C=O) groups is 1. The zero-order chi connectivity index (χ0) is 24.8. The van der Waals surface area contributed by atoms with Crippen LogP contribution in [0.25, 0.3) is 4.85 Å². The summed E-state index contributed by atoms with van der Waals surface area (Å²) in [6, 6.07) is 35.2. The third-order valence-electron chi connectivity index (χ3n) is 6.54. The Morgan fingerprint density at radius 1 is 0.800 bits per heavy atom. The van der Waals surface area contributed by atoms with Crippen molar-refractivity contribution in [3.8, 4) is 0 Å². The molecule has 1 unspecified atom stereocenters. The quantitative estimate of drug-likeness (QED) is 0.237. The van der Waals surface area contributed by atoms with Gasteiger partial charge in [-0.1, -0.05) is 73.7 Å². The first kappa shape index (κ1) is 24.4. The van der Waals surface area contributed by atoms with Crippen LogP contribution in [0.3, 0.4) is 0 Å². The minimum Gasteiger partial charge on any atom is -0.322 e. The van der Waals surface area contributed by atoms with E-state index in [0.717, 1.165) is 16.8 Å². The van der Waals surface area contributed by atoms with Gasteiger partial charge in [-0.3, -0.25) is 4.79 Å². The van der Waals surface area contributed by atoms with Crippen molar-refractivity contribution in [2.75, 3.05) is 5.32 Å². The van der Waals surface area contributed by atoms with Crippen molar-refractivity contribution in [1.29, 1.82) is 0 Å². The van der Waals surface area contributed by atoms with E-state index in [1.54, 1.807) is 0 Å². The molecule has 1 amide bonds. The molecule has 4 rings (SSSR count). The van der Waals surface area contributed by atoms with Crippen LogP contribution in [-0.2, 0) is 4.79 Å². The van der Waals surface area contributed by atoms with Gasteiger partial charge in [-0.15, -0.1) is 0 Å². The van der Waals surface area contributed by atoms with Crippen LogP contribution in [-0.4, -0.2) is 11.6 Å². The van der Waals surface area contributed by atoms with Gasteiger partial charge in [0.1, 0.15) is 23.2 Å². The third-order valence-corrected chi connectivity index (χ3v) is 11.4. The van der Waals surface area contributed by atoms with E-state index in [9.17, 15) is 4.79 Å². The van der Waals surface area contributed by atoms with E-state index >= 15 is 0 Å². The molecule has 0 aliphatic carbocycles. The Morgan fingerprint density at radius 2 is 1.20 bits per heavy atom. The van der Waals surface area contributed by atoms with Gasteiger partial charge in [0.15, 0.2) is 11.3 Å². The Morgan fingerprint density at radius 3 is 1.54 bits per heavy atom. The predicted octanol–water partition coefficient (Wildman–Crippen LogP) is 6.57. The Hall–Kier alpha value is -3.73. The largest absolute Gasteiger partial charge is 0.322 e. The Kier molecular flexibility index (Phi) is 7.45. The molecule has 0 saturated carbocycles. The number of anilines is 1. The summed E-state index contributed by atoms with van der Waals surface area (Å²) in [6.07, 6.45) is 0.691. The lowest BCUT2D eigenvalue weighted by Gasteiger charge is -2.33. The number of benzene rings is 4. The summed E-state index contributed by atoms with van der Waals surface area (Å²) in [5.41, 5.74) is 2.93. The van der Waals surface area contributed by atoms with Crippen molar-refractivity contribution in [2.45, 2.75) is 32.9 Å². The van der Waals surface area contributed by atoms with E-state index in [2.05, 4.69) is 89.9 Å². The molecule has 4 aromatic rings. The van der Waals surface area contributed by atoms with E-state index < -0.39 is 7.26 Å². The van der Waals surface area contributed by atoms with Gasteiger partial charge in [-0.05, 0) is 67.8 Å². The molecule has 0 saturated heterocycles. The molecule has 0 aromatic heterocycles. The lowest BCUT2D eigenvalue weighted by Crippen LogP contribution is -2.44. The van der Waals surface area contributed by atoms with E-state index in [-0.39, 0.29) is 11.6 Å². The Labute approximate surface area is 209 Å². The summed E-state index contributed by atoms with van der Waals surface area (Å²) in [4.78, 5) is 17.8. The molecular formula is C31H30N2OP+. The number of aryl methyl sites for hydroxylation is 2. The molecule has 4 heteroatoms. The fraction of sp³-hybridized carbons (Fsp3) is 0.161. The minimum atomic E-state index is -2.36. The molecule has 174 valence electrons. The van der Waals surface area contributed by atoms with E-state index in [0.29, 0.717) is 12.1 Å². The van der Waals surface area contributed by atoms with Crippen LogP contribution in [0, 0.1) is 20.4 Å². The summed E-state index contributed by atoms with van der Waals surface area (Å²) in [5, 5.41) is 6.85. The van der Waals surface area contributed by atoms with Gasteiger partial charge in [-0.2, -0.15) is 0 Å². The van der Waals surface area contributed by atoms with Crippen LogP contribution in [0.2, 0.25) is 0 Å². The van der Waals surface area contributed by atoms with Crippen molar-refractivity contribution in [3.63, 3.8) is 0 Å². The number of amides is 1. The van der Waals surface area contributed by atoms with Crippen molar-refractivity contribution < 1.29 is 4.79 Å². The molecule has 0 spiro atoms. The fourth-order valence-electron chi connectivity index (χ4n) is 5.02. The number of nitrogens with one attached hydrogen (secondary N) is 1. The van der Waals surface area contributed by atoms with Crippen LogP contribution in [0.5, 0.6) is 0 Å². The van der Waals surface area contributed by atoms with Crippen molar-refractivity contribution in [1.82, 2.24) is 0 Å². The summed E-state index contributed by atoms with van der Waals surface area (Å²) in [7, 11) is -2.36. The summed E-state index contributed by atoms with van der Waals surface area (Å²) < 4.78 is 0. The molecule has 0 aliphatic rings. The zero-order valence-electron chi connectivity index (χ0n) is 20.4. The predicted molar refractivity (Wildman–Crippen MR) is 150 cm³/mol. The van der Waals surface area contributed by atoms with Gasteiger partial charge in [0.05, 0.1) is 6.57 Å². The minimum absolute atomic E-state index is 0.0131. The highest BCUT2D eigenvalue weighted by molar-refractivity contribution is 7.96. The topological polar surface area (TPSA) is 33.5 Å². The molecule has 0 bridgehead atoms. The normalized spacial score (nSPS) is 11.9. The standard InChI is InChI=1S/C31H29N2OP/c1-5-29(31(34)33-30-23(2)21-25(32-4)22-24(30)3)35(26-15-9-6-10-16-26,27-17-11-7-12-18-27)28-19-13-8-14-20-28/h6-22,29H,5H2,1-3H3/p+1. The van der Waals surface area contributed by atoms with E-state index in [1.165, 1.54) is 15.9 Å². The van der Waals surface area contributed by atoms with Gasteiger partial charge in [-0.25, -0.2) is 4.85 Å². The molecule has 1 atom stereocenters. The molecule has 0 aliphatic heterocycles. The number of hydrogen-bond acceptors (Lipinski definition) is 1. The zero-order valence-corrected chi connectivity index (χ0v) is 21.3.